The van der Waals surface area contributed by atoms with Gasteiger partial charge in [-0.25, -0.2) is 0 Å². The fourth-order valence-corrected chi connectivity index (χ4v) is 2.39. The van der Waals surface area contributed by atoms with Gasteiger partial charge < -0.3 is 10.4 Å². The molecule has 1 aromatic rings. The molecular formula is C12H15BrClNO. The maximum Gasteiger partial charge on any atom is 0.0771 e. The van der Waals surface area contributed by atoms with E-state index in [9.17, 15) is 5.11 Å². The molecule has 1 fully saturated rings. The maximum atomic E-state index is 9.89. The lowest BCUT2D eigenvalue weighted by Crippen LogP contribution is -2.45. The van der Waals surface area contributed by atoms with Crippen molar-refractivity contribution in [3.8, 4) is 0 Å². The summed E-state index contributed by atoms with van der Waals surface area (Å²) >= 11 is 9.30. The van der Waals surface area contributed by atoms with Crippen LogP contribution in [0.1, 0.15) is 24.8 Å². The molecule has 4 heteroatoms. The van der Waals surface area contributed by atoms with Crippen LogP contribution in [0.4, 0.5) is 0 Å². The summed E-state index contributed by atoms with van der Waals surface area (Å²) in [6, 6.07) is 5.87. The molecule has 0 aliphatic heterocycles. The highest BCUT2D eigenvalue weighted by Gasteiger charge is 2.33. The quantitative estimate of drug-likeness (QED) is 0.896. The molecule has 1 aromatic carbocycles. The molecule has 2 N–H and O–H groups in total. The zero-order chi connectivity index (χ0) is 11.6. The molecule has 88 valence electrons. The van der Waals surface area contributed by atoms with E-state index in [2.05, 4.69) is 21.2 Å². The van der Waals surface area contributed by atoms with Crippen LogP contribution in [0.15, 0.2) is 22.7 Å². The number of halogens is 2. The maximum absolute atomic E-state index is 9.89. The summed E-state index contributed by atoms with van der Waals surface area (Å²) < 4.78 is 0.913. The fraction of sp³-hybridized carbons (Fsp3) is 0.500. The Morgan fingerprint density at radius 3 is 2.75 bits per heavy atom. The van der Waals surface area contributed by atoms with Gasteiger partial charge in [-0.1, -0.05) is 17.7 Å². The fourth-order valence-electron chi connectivity index (χ4n) is 1.85. The highest BCUT2D eigenvalue weighted by Crippen LogP contribution is 2.30. The molecule has 0 unspecified atom stereocenters. The summed E-state index contributed by atoms with van der Waals surface area (Å²) in [5.41, 5.74) is 0.711. The van der Waals surface area contributed by atoms with Crippen molar-refractivity contribution in [2.45, 2.75) is 31.4 Å². The van der Waals surface area contributed by atoms with Gasteiger partial charge in [0.25, 0.3) is 0 Å². The Hall–Kier alpha value is -0.0900. The van der Waals surface area contributed by atoms with Crippen LogP contribution in [-0.4, -0.2) is 17.3 Å². The average Bonchev–Trinajstić information content (AvgIpc) is 2.21. The first-order chi connectivity index (χ1) is 7.59. The minimum absolute atomic E-state index is 0.455. The van der Waals surface area contributed by atoms with Gasteiger partial charge in [0.15, 0.2) is 0 Å². The third kappa shape index (κ3) is 2.98. The number of hydrogen-bond acceptors (Lipinski definition) is 2. The molecule has 16 heavy (non-hydrogen) atoms. The lowest BCUT2D eigenvalue weighted by molar-refractivity contribution is -0.0314. The topological polar surface area (TPSA) is 32.3 Å². The summed E-state index contributed by atoms with van der Waals surface area (Å²) in [5, 5.41) is 13.9. The highest BCUT2D eigenvalue weighted by molar-refractivity contribution is 9.10. The molecule has 0 aromatic heterocycles. The second-order valence-electron chi connectivity index (χ2n) is 4.43. The Bertz CT molecular complexity index is 379. The largest absolute Gasteiger partial charge is 0.389 e. The van der Waals surface area contributed by atoms with Crippen LogP contribution in [0.25, 0.3) is 0 Å². The first-order valence-corrected chi connectivity index (χ1v) is 6.63. The summed E-state index contributed by atoms with van der Waals surface area (Å²) in [6.07, 6.45) is 2.99. The number of nitrogens with one attached hydrogen (secondary N) is 1. The van der Waals surface area contributed by atoms with Crippen molar-refractivity contribution in [3.63, 3.8) is 0 Å². The molecule has 0 heterocycles. The number of aliphatic hydroxyl groups is 1. The predicted molar refractivity (Wildman–Crippen MR) is 69.7 cm³/mol. The summed E-state index contributed by atoms with van der Waals surface area (Å²) in [4.78, 5) is 0. The van der Waals surface area contributed by atoms with Crippen molar-refractivity contribution in [1.82, 2.24) is 5.32 Å². The van der Waals surface area contributed by atoms with Gasteiger partial charge in [-0.2, -0.15) is 0 Å². The minimum Gasteiger partial charge on any atom is -0.389 e. The van der Waals surface area contributed by atoms with Crippen LogP contribution < -0.4 is 5.32 Å². The molecule has 0 bridgehead atoms. The molecule has 1 aliphatic carbocycles. The first-order valence-electron chi connectivity index (χ1n) is 5.46. The standard InChI is InChI=1S/C12H15BrClNO/c13-10-6-9(2-3-11(10)14)7-15-8-12(16)4-1-5-12/h2-3,6,15-16H,1,4-5,7-8H2. The van der Waals surface area contributed by atoms with E-state index in [0.717, 1.165) is 35.3 Å². The van der Waals surface area contributed by atoms with Gasteiger partial charge in [-0.05, 0) is 52.9 Å². The van der Waals surface area contributed by atoms with E-state index in [4.69, 9.17) is 11.6 Å². The van der Waals surface area contributed by atoms with Gasteiger partial charge in [0.1, 0.15) is 0 Å². The average molecular weight is 305 g/mol. The van der Waals surface area contributed by atoms with Crippen LogP contribution in [-0.2, 0) is 6.54 Å². The van der Waals surface area contributed by atoms with E-state index in [0.29, 0.717) is 6.54 Å². The van der Waals surface area contributed by atoms with Gasteiger partial charge >= 0.3 is 0 Å². The molecule has 0 radical (unpaired) electrons. The number of benzene rings is 1. The molecule has 2 rings (SSSR count). The third-order valence-corrected chi connectivity index (χ3v) is 4.27. The van der Waals surface area contributed by atoms with E-state index in [1.807, 2.05) is 18.2 Å². The SMILES string of the molecule is OC1(CNCc2ccc(Cl)c(Br)c2)CCC1. The van der Waals surface area contributed by atoms with Crippen LogP contribution in [0.5, 0.6) is 0 Å². The van der Waals surface area contributed by atoms with Crippen LogP contribution in [0.2, 0.25) is 5.02 Å². The van der Waals surface area contributed by atoms with Crippen molar-refractivity contribution in [1.29, 1.82) is 0 Å². The minimum atomic E-state index is -0.455. The Morgan fingerprint density at radius 1 is 1.44 bits per heavy atom. The molecule has 0 saturated heterocycles. The zero-order valence-corrected chi connectivity index (χ0v) is 11.3. The number of rotatable bonds is 4. The van der Waals surface area contributed by atoms with Gasteiger partial charge in [0.2, 0.25) is 0 Å². The van der Waals surface area contributed by atoms with Gasteiger partial charge in [-0.3, -0.25) is 0 Å². The monoisotopic (exact) mass is 303 g/mol. The number of hydrogen-bond donors (Lipinski definition) is 2. The van der Waals surface area contributed by atoms with Crippen molar-refractivity contribution in [2.24, 2.45) is 0 Å². The second-order valence-corrected chi connectivity index (χ2v) is 5.69. The summed E-state index contributed by atoms with van der Waals surface area (Å²) in [6.45, 7) is 1.44. The smallest absolute Gasteiger partial charge is 0.0771 e. The van der Waals surface area contributed by atoms with E-state index < -0.39 is 5.60 Å². The molecule has 1 aliphatic rings. The van der Waals surface area contributed by atoms with Crippen LogP contribution in [0.3, 0.4) is 0 Å². The lowest BCUT2D eigenvalue weighted by atomic mass is 9.80. The predicted octanol–water partition coefficient (Wildman–Crippen LogP) is 3.11. The normalized spacial score (nSPS) is 18.2. The molecule has 2 nitrogen and oxygen atoms in total. The van der Waals surface area contributed by atoms with Crippen molar-refractivity contribution >= 4 is 27.5 Å². The van der Waals surface area contributed by atoms with E-state index in [1.165, 1.54) is 5.56 Å². The van der Waals surface area contributed by atoms with E-state index >= 15 is 0 Å². The van der Waals surface area contributed by atoms with E-state index in [-0.39, 0.29) is 0 Å². The van der Waals surface area contributed by atoms with Crippen molar-refractivity contribution in [2.75, 3.05) is 6.54 Å². The van der Waals surface area contributed by atoms with Gasteiger partial charge in [-0.15, -0.1) is 0 Å². The van der Waals surface area contributed by atoms with Gasteiger partial charge in [0.05, 0.1) is 10.6 Å². The summed E-state index contributed by atoms with van der Waals surface area (Å²) in [5.74, 6) is 0. The second kappa shape index (κ2) is 5.05. The highest BCUT2D eigenvalue weighted by atomic mass is 79.9. The molecule has 1 saturated carbocycles. The van der Waals surface area contributed by atoms with Crippen molar-refractivity contribution < 1.29 is 5.11 Å². The zero-order valence-electron chi connectivity index (χ0n) is 8.97. The summed E-state index contributed by atoms with van der Waals surface area (Å²) in [7, 11) is 0. The Balaban J connectivity index is 1.83. The third-order valence-electron chi connectivity index (χ3n) is 3.05. The van der Waals surface area contributed by atoms with Gasteiger partial charge in [0, 0.05) is 17.6 Å². The Labute approximate surface area is 109 Å². The van der Waals surface area contributed by atoms with E-state index in [1.54, 1.807) is 0 Å². The molecule has 0 amide bonds. The molecule has 0 spiro atoms. The lowest BCUT2D eigenvalue weighted by Gasteiger charge is -2.36. The molecule has 0 atom stereocenters. The van der Waals surface area contributed by atoms with Crippen molar-refractivity contribution in [3.05, 3.63) is 33.3 Å². The van der Waals surface area contributed by atoms with Crippen LogP contribution >= 0.6 is 27.5 Å². The Kier molecular flexibility index (Phi) is 3.90. The Morgan fingerprint density at radius 2 is 2.19 bits per heavy atom. The molecular weight excluding hydrogens is 289 g/mol. The van der Waals surface area contributed by atoms with Crippen LogP contribution in [0, 0.1) is 0 Å². The first kappa shape index (κ1) is 12.4.